The van der Waals surface area contributed by atoms with Crippen molar-refractivity contribution in [3.05, 3.63) is 16.9 Å². The zero-order valence-electron chi connectivity index (χ0n) is 8.90. The number of nitrogens with two attached hydrogens (primary N) is 1. The molecule has 1 heterocycles. The van der Waals surface area contributed by atoms with Crippen molar-refractivity contribution in [1.82, 2.24) is 9.78 Å². The Labute approximate surface area is 93.1 Å². The molecule has 0 bridgehead atoms. The van der Waals surface area contributed by atoms with E-state index in [0.717, 1.165) is 0 Å². The van der Waals surface area contributed by atoms with Gasteiger partial charge in [-0.2, -0.15) is 5.10 Å². The van der Waals surface area contributed by atoms with E-state index >= 15 is 0 Å². The third kappa shape index (κ3) is 2.49. The SMILES string of the molecule is COC(=O)C(N)C(C)n1cc(Cl)c(C)n1. The van der Waals surface area contributed by atoms with Gasteiger partial charge in [0.1, 0.15) is 6.04 Å². The lowest BCUT2D eigenvalue weighted by atomic mass is 10.1. The summed E-state index contributed by atoms with van der Waals surface area (Å²) in [6, 6.07) is -1.03. The summed E-state index contributed by atoms with van der Waals surface area (Å²) >= 11 is 5.85. The first kappa shape index (κ1) is 12.0. The van der Waals surface area contributed by atoms with Crippen LogP contribution in [-0.2, 0) is 9.53 Å². The summed E-state index contributed by atoms with van der Waals surface area (Å²) < 4.78 is 6.12. The molecular weight excluding hydrogens is 218 g/mol. The predicted octanol–water partition coefficient (Wildman–Crippen LogP) is 0.906. The molecule has 0 fully saturated rings. The van der Waals surface area contributed by atoms with Gasteiger partial charge in [-0.3, -0.25) is 9.48 Å². The molecule has 0 aliphatic heterocycles. The van der Waals surface area contributed by atoms with E-state index in [-0.39, 0.29) is 6.04 Å². The smallest absolute Gasteiger partial charge is 0.324 e. The quantitative estimate of drug-likeness (QED) is 0.785. The summed E-state index contributed by atoms with van der Waals surface area (Å²) in [7, 11) is 1.30. The van der Waals surface area contributed by atoms with E-state index in [1.165, 1.54) is 7.11 Å². The summed E-state index contributed by atoms with van der Waals surface area (Å²) in [6.07, 6.45) is 1.64. The number of carbonyl (C=O) groups is 1. The molecule has 2 N–H and O–H groups in total. The largest absolute Gasteiger partial charge is 0.468 e. The first-order valence-corrected chi connectivity index (χ1v) is 4.89. The highest BCUT2D eigenvalue weighted by molar-refractivity contribution is 6.31. The lowest BCUT2D eigenvalue weighted by Gasteiger charge is -2.17. The topological polar surface area (TPSA) is 70.1 Å². The van der Waals surface area contributed by atoms with E-state index < -0.39 is 12.0 Å². The van der Waals surface area contributed by atoms with Gasteiger partial charge in [-0.1, -0.05) is 11.6 Å². The minimum atomic E-state index is -0.745. The van der Waals surface area contributed by atoms with E-state index in [4.69, 9.17) is 17.3 Å². The van der Waals surface area contributed by atoms with Crippen LogP contribution < -0.4 is 5.73 Å². The summed E-state index contributed by atoms with van der Waals surface area (Å²) in [5.74, 6) is -0.466. The first-order chi connectivity index (χ1) is 6.97. The number of methoxy groups -OCH3 is 1. The second-order valence-corrected chi connectivity index (χ2v) is 3.74. The van der Waals surface area contributed by atoms with Crippen LogP contribution in [0.3, 0.4) is 0 Å². The van der Waals surface area contributed by atoms with Gasteiger partial charge in [0.2, 0.25) is 0 Å². The molecule has 2 atom stereocenters. The predicted molar refractivity (Wildman–Crippen MR) is 56.7 cm³/mol. The molecule has 0 aliphatic rings. The molecule has 5 nitrogen and oxygen atoms in total. The molecule has 2 unspecified atom stereocenters. The lowest BCUT2D eigenvalue weighted by molar-refractivity contribution is -0.143. The number of nitrogens with zero attached hydrogens (tertiary/aromatic N) is 2. The molecule has 0 saturated heterocycles. The van der Waals surface area contributed by atoms with Gasteiger partial charge in [0.25, 0.3) is 0 Å². The highest BCUT2D eigenvalue weighted by Gasteiger charge is 2.23. The van der Waals surface area contributed by atoms with Crippen LogP contribution in [-0.4, -0.2) is 28.9 Å². The number of halogens is 1. The van der Waals surface area contributed by atoms with Crippen molar-refractivity contribution in [3.8, 4) is 0 Å². The van der Waals surface area contributed by atoms with E-state index in [0.29, 0.717) is 10.7 Å². The molecule has 6 heteroatoms. The van der Waals surface area contributed by atoms with E-state index in [9.17, 15) is 4.79 Å². The molecular formula is C9H14ClN3O2. The van der Waals surface area contributed by atoms with E-state index in [1.807, 2.05) is 0 Å². The average molecular weight is 232 g/mol. The van der Waals surface area contributed by atoms with Gasteiger partial charge < -0.3 is 10.5 Å². The Morgan fingerprint density at radius 1 is 1.73 bits per heavy atom. The van der Waals surface area contributed by atoms with Crippen LogP contribution in [0.5, 0.6) is 0 Å². The minimum Gasteiger partial charge on any atom is -0.468 e. The molecule has 0 radical (unpaired) electrons. The molecule has 0 amide bonds. The number of rotatable bonds is 3. The zero-order chi connectivity index (χ0) is 11.6. The highest BCUT2D eigenvalue weighted by Crippen LogP contribution is 2.17. The Kier molecular flexibility index (Phi) is 3.71. The Hall–Kier alpha value is -1.07. The number of carbonyl (C=O) groups excluding carboxylic acids is 1. The Morgan fingerprint density at radius 3 is 2.73 bits per heavy atom. The van der Waals surface area contributed by atoms with E-state index in [1.54, 1.807) is 24.7 Å². The van der Waals surface area contributed by atoms with Crippen molar-refractivity contribution in [2.24, 2.45) is 5.73 Å². The minimum absolute atomic E-state index is 0.288. The molecule has 1 rings (SSSR count). The number of hydrogen-bond donors (Lipinski definition) is 1. The van der Waals surface area contributed by atoms with Crippen molar-refractivity contribution < 1.29 is 9.53 Å². The second kappa shape index (κ2) is 4.63. The third-order valence-corrected chi connectivity index (χ3v) is 2.64. The fourth-order valence-corrected chi connectivity index (χ4v) is 1.30. The normalized spacial score (nSPS) is 14.7. The number of hydrogen-bond acceptors (Lipinski definition) is 4. The summed E-state index contributed by atoms with van der Waals surface area (Å²) in [5, 5.41) is 4.70. The van der Waals surface area contributed by atoms with Gasteiger partial charge in [0.05, 0.1) is 23.9 Å². The number of esters is 1. The van der Waals surface area contributed by atoms with Crippen LogP contribution in [0.2, 0.25) is 5.02 Å². The maximum Gasteiger partial charge on any atom is 0.324 e. The van der Waals surface area contributed by atoms with Crippen molar-refractivity contribution in [1.29, 1.82) is 0 Å². The van der Waals surface area contributed by atoms with Gasteiger partial charge in [0.15, 0.2) is 0 Å². The van der Waals surface area contributed by atoms with Gasteiger partial charge in [-0.25, -0.2) is 0 Å². The van der Waals surface area contributed by atoms with Crippen molar-refractivity contribution in [3.63, 3.8) is 0 Å². The number of ether oxygens (including phenoxy) is 1. The maximum absolute atomic E-state index is 11.2. The fourth-order valence-electron chi connectivity index (χ4n) is 1.17. The first-order valence-electron chi connectivity index (χ1n) is 4.52. The van der Waals surface area contributed by atoms with Gasteiger partial charge in [-0.05, 0) is 13.8 Å². The summed E-state index contributed by atoms with van der Waals surface area (Å²) in [6.45, 7) is 3.57. The summed E-state index contributed by atoms with van der Waals surface area (Å²) in [5.41, 5.74) is 6.39. The molecule has 0 aliphatic carbocycles. The Balaban J connectivity index is 2.84. The number of aryl methyl sites for hydroxylation is 1. The lowest BCUT2D eigenvalue weighted by Crippen LogP contribution is -2.39. The fraction of sp³-hybridized carbons (Fsp3) is 0.556. The van der Waals surface area contributed by atoms with Gasteiger partial charge >= 0.3 is 5.97 Å². The Bertz CT molecular complexity index is 345. The molecule has 15 heavy (non-hydrogen) atoms. The van der Waals surface area contributed by atoms with Crippen LogP contribution in [0.4, 0.5) is 0 Å². The highest BCUT2D eigenvalue weighted by atomic mass is 35.5. The Morgan fingerprint density at radius 2 is 2.33 bits per heavy atom. The van der Waals surface area contributed by atoms with Crippen molar-refractivity contribution in [2.45, 2.75) is 25.9 Å². The second-order valence-electron chi connectivity index (χ2n) is 3.33. The summed E-state index contributed by atoms with van der Waals surface area (Å²) in [4.78, 5) is 11.2. The van der Waals surface area contributed by atoms with E-state index in [2.05, 4.69) is 9.84 Å². The van der Waals surface area contributed by atoms with Crippen LogP contribution in [0.25, 0.3) is 0 Å². The van der Waals surface area contributed by atoms with Crippen LogP contribution in [0, 0.1) is 6.92 Å². The monoisotopic (exact) mass is 231 g/mol. The van der Waals surface area contributed by atoms with Crippen LogP contribution >= 0.6 is 11.6 Å². The molecule has 1 aromatic heterocycles. The molecule has 1 aromatic rings. The number of aromatic nitrogens is 2. The molecule has 0 aromatic carbocycles. The molecule has 0 saturated carbocycles. The van der Waals surface area contributed by atoms with Crippen LogP contribution in [0.1, 0.15) is 18.7 Å². The van der Waals surface area contributed by atoms with Crippen LogP contribution in [0.15, 0.2) is 6.20 Å². The molecule has 84 valence electrons. The van der Waals surface area contributed by atoms with Crippen molar-refractivity contribution >= 4 is 17.6 Å². The average Bonchev–Trinajstić information content (AvgIpc) is 2.56. The third-order valence-electron chi connectivity index (χ3n) is 2.27. The molecule has 0 spiro atoms. The standard InChI is InChI=1S/C9H14ClN3O2/c1-5-7(10)4-13(12-5)6(2)8(11)9(14)15-3/h4,6,8H,11H2,1-3H3. The van der Waals surface area contributed by atoms with Gasteiger partial charge in [-0.15, -0.1) is 0 Å². The van der Waals surface area contributed by atoms with Crippen molar-refractivity contribution in [2.75, 3.05) is 7.11 Å². The van der Waals surface area contributed by atoms with Gasteiger partial charge in [0, 0.05) is 6.20 Å². The maximum atomic E-state index is 11.2. The zero-order valence-corrected chi connectivity index (χ0v) is 9.65.